The van der Waals surface area contributed by atoms with Gasteiger partial charge < -0.3 is 15.4 Å². The summed E-state index contributed by atoms with van der Waals surface area (Å²) in [5.41, 5.74) is 2.82. The Hall–Kier alpha value is -2.83. The molecule has 0 atom stereocenters. The van der Waals surface area contributed by atoms with Gasteiger partial charge >= 0.3 is 0 Å². The quantitative estimate of drug-likeness (QED) is 0.846. The lowest BCUT2D eigenvalue weighted by atomic mass is 10.2. The topological polar surface area (TPSA) is 85.2 Å². The predicted octanol–water partition coefficient (Wildman–Crippen LogP) is 1.80. The number of rotatable bonds is 6. The van der Waals surface area contributed by atoms with Crippen LogP contribution in [0.4, 0.5) is 5.69 Å². The van der Waals surface area contributed by atoms with Gasteiger partial charge in [-0.05, 0) is 26.0 Å². The van der Waals surface area contributed by atoms with Gasteiger partial charge in [0.05, 0.1) is 29.7 Å². The van der Waals surface area contributed by atoms with Crippen molar-refractivity contribution in [2.45, 2.75) is 20.3 Å². The molecule has 0 bridgehead atoms. The third-order valence-electron chi connectivity index (χ3n) is 3.76. The SMILES string of the molecule is COc1ccccc1C(=O)NCCC(=O)Nc1c(C)nn(C)c1C. The second-order valence-corrected chi connectivity index (χ2v) is 5.42. The first kappa shape index (κ1) is 17.5. The first-order valence-electron chi connectivity index (χ1n) is 7.65. The number of methoxy groups -OCH3 is 1. The monoisotopic (exact) mass is 330 g/mol. The molecular weight excluding hydrogens is 308 g/mol. The van der Waals surface area contributed by atoms with E-state index in [1.807, 2.05) is 20.9 Å². The maximum absolute atomic E-state index is 12.1. The van der Waals surface area contributed by atoms with Crippen LogP contribution in [-0.4, -0.2) is 35.2 Å². The minimum absolute atomic E-state index is 0.172. The van der Waals surface area contributed by atoms with E-state index in [-0.39, 0.29) is 24.8 Å². The Bertz CT molecular complexity index is 752. The summed E-state index contributed by atoms with van der Waals surface area (Å²) < 4.78 is 6.87. The zero-order valence-corrected chi connectivity index (χ0v) is 14.3. The van der Waals surface area contributed by atoms with E-state index in [1.165, 1.54) is 7.11 Å². The Kier molecular flexibility index (Phi) is 5.57. The third kappa shape index (κ3) is 3.92. The molecule has 2 amide bonds. The number of para-hydroxylation sites is 1. The normalized spacial score (nSPS) is 10.3. The molecule has 7 heteroatoms. The Labute approximate surface area is 141 Å². The summed E-state index contributed by atoms with van der Waals surface area (Å²) in [6.07, 6.45) is 0.175. The summed E-state index contributed by atoms with van der Waals surface area (Å²) in [6.45, 7) is 3.96. The molecule has 1 aromatic heterocycles. The average molecular weight is 330 g/mol. The molecule has 1 heterocycles. The summed E-state index contributed by atoms with van der Waals surface area (Å²) in [5, 5.41) is 9.81. The summed E-state index contributed by atoms with van der Waals surface area (Å²) in [6, 6.07) is 6.95. The highest BCUT2D eigenvalue weighted by Crippen LogP contribution is 2.18. The Morgan fingerprint density at radius 2 is 1.96 bits per heavy atom. The van der Waals surface area contributed by atoms with Gasteiger partial charge in [-0.3, -0.25) is 14.3 Å². The molecule has 0 unspecified atom stereocenters. The van der Waals surface area contributed by atoms with E-state index in [4.69, 9.17) is 4.74 Å². The number of ether oxygens (including phenoxy) is 1. The predicted molar refractivity (Wildman–Crippen MR) is 91.3 cm³/mol. The number of amides is 2. The average Bonchev–Trinajstić information content (AvgIpc) is 2.81. The van der Waals surface area contributed by atoms with Crippen LogP contribution < -0.4 is 15.4 Å². The first-order valence-corrected chi connectivity index (χ1v) is 7.65. The largest absolute Gasteiger partial charge is 0.496 e. The van der Waals surface area contributed by atoms with Crippen molar-refractivity contribution in [3.8, 4) is 5.75 Å². The number of carbonyl (C=O) groups excluding carboxylic acids is 2. The van der Waals surface area contributed by atoms with Gasteiger partial charge in [0.25, 0.3) is 5.91 Å². The molecular formula is C17H22N4O3. The van der Waals surface area contributed by atoms with Gasteiger partial charge in [0.2, 0.25) is 5.91 Å². The Morgan fingerprint density at radius 1 is 1.25 bits per heavy atom. The van der Waals surface area contributed by atoms with Crippen molar-refractivity contribution in [2.24, 2.45) is 7.05 Å². The second-order valence-electron chi connectivity index (χ2n) is 5.42. The van der Waals surface area contributed by atoms with Gasteiger partial charge in [-0.1, -0.05) is 12.1 Å². The van der Waals surface area contributed by atoms with Crippen LogP contribution >= 0.6 is 0 Å². The van der Waals surface area contributed by atoms with Gasteiger partial charge in [-0.15, -0.1) is 0 Å². The minimum atomic E-state index is -0.269. The molecule has 1 aromatic carbocycles. The molecule has 0 aliphatic heterocycles. The number of hydrogen-bond donors (Lipinski definition) is 2. The number of nitrogens with one attached hydrogen (secondary N) is 2. The molecule has 0 radical (unpaired) electrons. The lowest BCUT2D eigenvalue weighted by Crippen LogP contribution is -2.28. The number of aryl methyl sites for hydroxylation is 2. The van der Waals surface area contributed by atoms with E-state index < -0.39 is 0 Å². The Morgan fingerprint density at radius 3 is 2.58 bits per heavy atom. The number of carbonyl (C=O) groups is 2. The fourth-order valence-electron chi connectivity index (χ4n) is 2.37. The van der Waals surface area contributed by atoms with Crippen molar-refractivity contribution in [1.82, 2.24) is 15.1 Å². The highest BCUT2D eigenvalue weighted by molar-refractivity contribution is 5.97. The molecule has 0 saturated heterocycles. The van der Waals surface area contributed by atoms with Crippen LogP contribution in [0.1, 0.15) is 28.2 Å². The second kappa shape index (κ2) is 7.63. The Balaban J connectivity index is 1.87. The number of anilines is 1. The fourth-order valence-corrected chi connectivity index (χ4v) is 2.37. The van der Waals surface area contributed by atoms with Gasteiger partial charge in [0.1, 0.15) is 5.75 Å². The molecule has 0 aliphatic carbocycles. The molecule has 24 heavy (non-hydrogen) atoms. The highest BCUT2D eigenvalue weighted by Gasteiger charge is 2.14. The van der Waals surface area contributed by atoms with Crippen LogP contribution in [0.25, 0.3) is 0 Å². The van der Waals surface area contributed by atoms with Crippen LogP contribution in [0, 0.1) is 13.8 Å². The smallest absolute Gasteiger partial charge is 0.255 e. The lowest BCUT2D eigenvalue weighted by molar-refractivity contribution is -0.116. The van der Waals surface area contributed by atoms with Crippen LogP contribution in [0.15, 0.2) is 24.3 Å². The third-order valence-corrected chi connectivity index (χ3v) is 3.76. The number of nitrogens with zero attached hydrogens (tertiary/aromatic N) is 2. The van der Waals surface area contributed by atoms with E-state index in [9.17, 15) is 9.59 Å². The van der Waals surface area contributed by atoms with Crippen LogP contribution in [0.5, 0.6) is 5.75 Å². The maximum atomic E-state index is 12.1. The molecule has 2 N–H and O–H groups in total. The molecule has 0 saturated carbocycles. The maximum Gasteiger partial charge on any atom is 0.255 e. The molecule has 2 rings (SSSR count). The van der Waals surface area contributed by atoms with Crippen LogP contribution in [0.3, 0.4) is 0 Å². The van der Waals surface area contributed by atoms with E-state index in [1.54, 1.807) is 28.9 Å². The first-order chi connectivity index (χ1) is 11.4. The minimum Gasteiger partial charge on any atom is -0.496 e. The standard InChI is InChI=1S/C17H22N4O3/c1-11-16(12(2)21(3)20-11)19-15(22)9-10-18-17(23)13-7-5-6-8-14(13)24-4/h5-8H,9-10H2,1-4H3,(H,18,23)(H,19,22). The molecule has 0 aliphatic rings. The molecule has 128 valence electrons. The van der Waals surface area contributed by atoms with Crippen molar-refractivity contribution in [3.05, 3.63) is 41.2 Å². The number of aromatic nitrogens is 2. The van der Waals surface area contributed by atoms with Crippen molar-refractivity contribution < 1.29 is 14.3 Å². The summed E-state index contributed by atoms with van der Waals surface area (Å²) >= 11 is 0. The molecule has 0 spiro atoms. The summed E-state index contributed by atoms with van der Waals surface area (Å²) in [5.74, 6) is 0.0598. The highest BCUT2D eigenvalue weighted by atomic mass is 16.5. The van der Waals surface area contributed by atoms with E-state index in [0.717, 1.165) is 17.1 Å². The van der Waals surface area contributed by atoms with Gasteiger partial charge in [-0.25, -0.2) is 0 Å². The number of hydrogen-bond acceptors (Lipinski definition) is 4. The van der Waals surface area contributed by atoms with Crippen LogP contribution in [-0.2, 0) is 11.8 Å². The van der Waals surface area contributed by atoms with Crippen molar-refractivity contribution in [2.75, 3.05) is 19.0 Å². The zero-order valence-electron chi connectivity index (χ0n) is 14.3. The molecule has 0 fully saturated rings. The van der Waals surface area contributed by atoms with Crippen molar-refractivity contribution in [1.29, 1.82) is 0 Å². The van der Waals surface area contributed by atoms with Gasteiger partial charge in [0.15, 0.2) is 0 Å². The van der Waals surface area contributed by atoms with E-state index in [2.05, 4.69) is 15.7 Å². The summed E-state index contributed by atoms with van der Waals surface area (Å²) in [4.78, 5) is 24.2. The van der Waals surface area contributed by atoms with Gasteiger partial charge in [-0.2, -0.15) is 5.10 Å². The molecule has 7 nitrogen and oxygen atoms in total. The number of benzene rings is 1. The fraction of sp³-hybridized carbons (Fsp3) is 0.353. The van der Waals surface area contributed by atoms with Crippen molar-refractivity contribution >= 4 is 17.5 Å². The molecule has 2 aromatic rings. The lowest BCUT2D eigenvalue weighted by Gasteiger charge is -2.09. The van der Waals surface area contributed by atoms with E-state index >= 15 is 0 Å². The summed E-state index contributed by atoms with van der Waals surface area (Å²) in [7, 11) is 3.34. The van der Waals surface area contributed by atoms with Gasteiger partial charge in [0, 0.05) is 20.0 Å². The zero-order chi connectivity index (χ0) is 17.7. The van der Waals surface area contributed by atoms with Crippen molar-refractivity contribution in [3.63, 3.8) is 0 Å². The van der Waals surface area contributed by atoms with Crippen LogP contribution in [0.2, 0.25) is 0 Å². The van der Waals surface area contributed by atoms with E-state index in [0.29, 0.717) is 11.3 Å².